The van der Waals surface area contributed by atoms with Crippen molar-refractivity contribution in [1.82, 2.24) is 10.2 Å². The number of aryl methyl sites for hydroxylation is 1. The van der Waals surface area contributed by atoms with E-state index in [0.29, 0.717) is 39.9 Å². The zero-order valence-electron chi connectivity index (χ0n) is 18.7. The lowest BCUT2D eigenvalue weighted by molar-refractivity contribution is 0.0970. The van der Waals surface area contributed by atoms with Crippen molar-refractivity contribution >= 4 is 44.9 Å². The predicted octanol–water partition coefficient (Wildman–Crippen LogP) is 5.79. The number of hydrogen-bond donors (Lipinski definition) is 0. The van der Waals surface area contributed by atoms with Crippen LogP contribution in [0.1, 0.15) is 59.4 Å². The standard InChI is InChI=1S/C25H22ClN3O4S/c1-3-5-11-32-16-8-6-7-14(12-16)21-20-22(30)17-13-15(26)9-10-18(17)33-23(20)24(31)29(21)25-28-27-19(4-2)34-25/h6-10,12-13,21H,3-5,11H2,1-2H3. The number of anilines is 1. The molecule has 4 aromatic rings. The van der Waals surface area contributed by atoms with Gasteiger partial charge in [0.2, 0.25) is 10.9 Å². The maximum atomic E-state index is 13.7. The first-order valence-electron chi connectivity index (χ1n) is 11.2. The molecule has 174 valence electrons. The van der Waals surface area contributed by atoms with Gasteiger partial charge in [0.25, 0.3) is 5.91 Å². The van der Waals surface area contributed by atoms with E-state index in [0.717, 1.165) is 23.4 Å². The number of carbonyl (C=O) groups excluding carboxylic acids is 1. The van der Waals surface area contributed by atoms with Crippen molar-refractivity contribution in [3.63, 3.8) is 0 Å². The molecule has 1 atom stereocenters. The van der Waals surface area contributed by atoms with Gasteiger partial charge < -0.3 is 9.15 Å². The van der Waals surface area contributed by atoms with E-state index in [9.17, 15) is 9.59 Å². The van der Waals surface area contributed by atoms with Crippen molar-refractivity contribution in [2.24, 2.45) is 0 Å². The van der Waals surface area contributed by atoms with Crippen LogP contribution in [-0.2, 0) is 6.42 Å². The van der Waals surface area contributed by atoms with Gasteiger partial charge in [0.05, 0.1) is 23.6 Å². The van der Waals surface area contributed by atoms with Crippen molar-refractivity contribution in [3.05, 3.63) is 79.6 Å². The third-order valence-corrected chi connectivity index (χ3v) is 7.04. The third kappa shape index (κ3) is 3.86. The van der Waals surface area contributed by atoms with Gasteiger partial charge in [-0.2, -0.15) is 0 Å². The monoisotopic (exact) mass is 495 g/mol. The Hall–Kier alpha value is -3.23. The Balaban J connectivity index is 1.70. The lowest BCUT2D eigenvalue weighted by Crippen LogP contribution is -2.29. The molecule has 2 aromatic heterocycles. The van der Waals surface area contributed by atoms with Crippen LogP contribution < -0.4 is 15.1 Å². The summed E-state index contributed by atoms with van der Waals surface area (Å²) in [4.78, 5) is 28.8. The number of ether oxygens (including phenoxy) is 1. The first kappa shape index (κ1) is 22.6. The van der Waals surface area contributed by atoms with Gasteiger partial charge in [-0.05, 0) is 48.7 Å². The normalized spacial score (nSPS) is 15.2. The average molecular weight is 496 g/mol. The quantitative estimate of drug-likeness (QED) is 0.302. The fraction of sp³-hybridized carbons (Fsp3) is 0.280. The number of fused-ring (bicyclic) bond motifs is 2. The molecule has 0 radical (unpaired) electrons. The van der Waals surface area contributed by atoms with Gasteiger partial charge in [0, 0.05) is 5.02 Å². The molecule has 0 N–H and O–H groups in total. The lowest BCUT2D eigenvalue weighted by atomic mass is 9.98. The van der Waals surface area contributed by atoms with Crippen molar-refractivity contribution in [3.8, 4) is 5.75 Å². The number of nitrogens with zero attached hydrogens (tertiary/aromatic N) is 3. The Kier molecular flexibility index (Phi) is 6.10. The second kappa shape index (κ2) is 9.19. The number of aromatic nitrogens is 2. The minimum absolute atomic E-state index is 0.00961. The van der Waals surface area contributed by atoms with Crippen molar-refractivity contribution in [1.29, 1.82) is 0 Å². The summed E-state index contributed by atoms with van der Waals surface area (Å²) in [5, 5.41) is 10.4. The molecular weight excluding hydrogens is 474 g/mol. The average Bonchev–Trinajstić information content (AvgIpc) is 3.43. The molecule has 1 aliphatic heterocycles. The highest BCUT2D eigenvalue weighted by Crippen LogP contribution is 2.42. The summed E-state index contributed by atoms with van der Waals surface area (Å²) in [5.74, 6) is 0.256. The van der Waals surface area contributed by atoms with Crippen LogP contribution in [0.2, 0.25) is 5.02 Å². The zero-order chi connectivity index (χ0) is 23.8. The predicted molar refractivity (Wildman–Crippen MR) is 132 cm³/mol. The second-order valence-corrected chi connectivity index (χ2v) is 9.48. The van der Waals surface area contributed by atoms with Crippen LogP contribution in [0.5, 0.6) is 5.75 Å². The Morgan fingerprint density at radius 1 is 1.15 bits per heavy atom. The molecule has 0 saturated heterocycles. The molecule has 34 heavy (non-hydrogen) atoms. The molecular formula is C25H22ClN3O4S. The summed E-state index contributed by atoms with van der Waals surface area (Å²) in [5.41, 5.74) is 1.00. The maximum absolute atomic E-state index is 13.7. The van der Waals surface area contributed by atoms with Gasteiger partial charge in [-0.1, -0.05) is 55.3 Å². The van der Waals surface area contributed by atoms with Gasteiger partial charge in [0.15, 0.2) is 5.43 Å². The lowest BCUT2D eigenvalue weighted by Gasteiger charge is -2.22. The van der Waals surface area contributed by atoms with Crippen molar-refractivity contribution in [2.45, 2.75) is 39.2 Å². The largest absolute Gasteiger partial charge is 0.494 e. The van der Waals surface area contributed by atoms with E-state index in [1.165, 1.54) is 16.2 Å². The van der Waals surface area contributed by atoms with Crippen molar-refractivity contribution < 1.29 is 13.9 Å². The summed E-state index contributed by atoms with van der Waals surface area (Å²) >= 11 is 7.48. The van der Waals surface area contributed by atoms with Gasteiger partial charge in [-0.25, -0.2) is 0 Å². The van der Waals surface area contributed by atoms with E-state index >= 15 is 0 Å². The molecule has 0 saturated carbocycles. The Morgan fingerprint density at radius 3 is 2.76 bits per heavy atom. The smallest absolute Gasteiger partial charge is 0.297 e. The minimum atomic E-state index is -0.727. The van der Waals surface area contributed by atoms with Crippen LogP contribution in [-0.4, -0.2) is 22.7 Å². The molecule has 9 heteroatoms. The Labute approximate surface area is 204 Å². The van der Waals surface area contributed by atoms with Gasteiger partial charge in [-0.3, -0.25) is 14.5 Å². The van der Waals surface area contributed by atoms with Crippen LogP contribution in [0.15, 0.2) is 51.7 Å². The van der Waals surface area contributed by atoms with E-state index in [1.807, 2.05) is 31.2 Å². The molecule has 0 fully saturated rings. The summed E-state index contributed by atoms with van der Waals surface area (Å²) < 4.78 is 11.9. The van der Waals surface area contributed by atoms with Crippen LogP contribution in [0.4, 0.5) is 5.13 Å². The molecule has 1 aliphatic rings. The van der Waals surface area contributed by atoms with E-state index < -0.39 is 11.9 Å². The summed E-state index contributed by atoms with van der Waals surface area (Å²) in [6.45, 7) is 4.66. The molecule has 5 rings (SSSR count). The van der Waals surface area contributed by atoms with Gasteiger partial charge in [0.1, 0.15) is 16.3 Å². The highest BCUT2D eigenvalue weighted by molar-refractivity contribution is 7.15. The second-order valence-electron chi connectivity index (χ2n) is 8.00. The van der Waals surface area contributed by atoms with Gasteiger partial charge >= 0.3 is 0 Å². The van der Waals surface area contributed by atoms with Crippen LogP contribution in [0.3, 0.4) is 0 Å². The van der Waals surface area contributed by atoms with Crippen LogP contribution in [0, 0.1) is 0 Å². The SMILES string of the molecule is CCCCOc1cccc(C2c3c(oc4ccc(Cl)cc4c3=O)C(=O)N2c2nnc(CC)s2)c1. The molecule has 1 unspecified atom stereocenters. The molecule has 1 amide bonds. The fourth-order valence-electron chi connectivity index (χ4n) is 4.05. The van der Waals surface area contributed by atoms with Crippen LogP contribution in [0.25, 0.3) is 11.0 Å². The highest BCUT2D eigenvalue weighted by atomic mass is 35.5. The number of hydrogen-bond acceptors (Lipinski definition) is 7. The molecule has 0 aliphatic carbocycles. The van der Waals surface area contributed by atoms with Crippen LogP contribution >= 0.6 is 22.9 Å². The van der Waals surface area contributed by atoms with E-state index in [-0.39, 0.29) is 16.8 Å². The molecule has 0 spiro atoms. The fourth-order valence-corrected chi connectivity index (χ4v) is 5.03. The van der Waals surface area contributed by atoms with E-state index in [4.69, 9.17) is 20.8 Å². The summed E-state index contributed by atoms with van der Waals surface area (Å²) in [7, 11) is 0. The Bertz CT molecular complexity index is 1450. The minimum Gasteiger partial charge on any atom is -0.494 e. The number of rotatable bonds is 7. The Morgan fingerprint density at radius 2 is 2.00 bits per heavy atom. The molecule has 7 nitrogen and oxygen atoms in total. The number of carbonyl (C=O) groups is 1. The zero-order valence-corrected chi connectivity index (χ0v) is 20.3. The van der Waals surface area contributed by atoms with Gasteiger partial charge in [-0.15, -0.1) is 10.2 Å². The highest BCUT2D eigenvalue weighted by Gasteiger charge is 2.45. The topological polar surface area (TPSA) is 85.5 Å². The number of benzene rings is 2. The van der Waals surface area contributed by atoms with E-state index in [2.05, 4.69) is 17.1 Å². The maximum Gasteiger partial charge on any atom is 0.297 e. The number of halogens is 1. The summed E-state index contributed by atoms with van der Waals surface area (Å²) in [6.07, 6.45) is 2.64. The number of unbranched alkanes of at least 4 members (excludes halogenated alkanes) is 1. The molecule has 0 bridgehead atoms. The first-order valence-corrected chi connectivity index (χ1v) is 12.4. The first-order chi connectivity index (χ1) is 16.5. The van der Waals surface area contributed by atoms with E-state index in [1.54, 1.807) is 18.2 Å². The number of amides is 1. The summed E-state index contributed by atoms with van der Waals surface area (Å²) in [6, 6.07) is 11.5. The third-order valence-electron chi connectivity index (χ3n) is 5.74. The molecule has 3 heterocycles. The molecule has 2 aromatic carbocycles. The van der Waals surface area contributed by atoms with Crippen molar-refractivity contribution in [2.75, 3.05) is 11.5 Å².